The summed E-state index contributed by atoms with van der Waals surface area (Å²) in [4.78, 5) is 0. The van der Waals surface area contributed by atoms with E-state index < -0.39 is 6.10 Å². The summed E-state index contributed by atoms with van der Waals surface area (Å²) >= 11 is 0. The average molecular weight is 282 g/mol. The molecule has 1 aliphatic heterocycles. The highest BCUT2D eigenvalue weighted by Crippen LogP contribution is 2.42. The summed E-state index contributed by atoms with van der Waals surface area (Å²) in [6.07, 6.45) is 2.23. The predicted molar refractivity (Wildman–Crippen MR) is 76.7 cm³/mol. The number of hydrogen-bond donors (Lipinski definition) is 1. The molecule has 0 saturated carbocycles. The number of rotatable bonds is 5. The second-order valence-corrected chi connectivity index (χ2v) is 5.75. The molecule has 5 unspecified atom stereocenters. The Bertz CT molecular complexity index is 446. The maximum absolute atomic E-state index is 10.9. The number of methoxy groups -OCH3 is 1. The first-order chi connectivity index (χ1) is 9.51. The molecule has 20 heavy (non-hydrogen) atoms. The Labute approximate surface area is 120 Å². The van der Waals surface area contributed by atoms with Crippen molar-refractivity contribution in [3.8, 4) is 5.75 Å². The lowest BCUT2D eigenvalue weighted by Crippen LogP contribution is -2.27. The Morgan fingerprint density at radius 2 is 2.10 bits per heavy atom. The maximum Gasteiger partial charge on any atom is 0.162 e. The van der Waals surface area contributed by atoms with Crippen molar-refractivity contribution in [2.75, 3.05) is 7.11 Å². The zero-order chi connectivity index (χ0) is 14.9. The molecule has 0 aliphatic carbocycles. The van der Waals surface area contributed by atoms with Gasteiger partial charge in [-0.3, -0.25) is 4.68 Å². The summed E-state index contributed by atoms with van der Waals surface area (Å²) in [7, 11) is 1.62. The van der Waals surface area contributed by atoms with Gasteiger partial charge in [0.1, 0.15) is 11.8 Å². The van der Waals surface area contributed by atoms with Gasteiger partial charge in [0.25, 0.3) is 0 Å². The molecule has 1 saturated heterocycles. The van der Waals surface area contributed by atoms with Crippen molar-refractivity contribution in [1.29, 1.82) is 0 Å². The van der Waals surface area contributed by atoms with Crippen molar-refractivity contribution in [1.82, 2.24) is 9.78 Å². The molecule has 0 spiro atoms. The Morgan fingerprint density at radius 1 is 1.40 bits per heavy atom. The first-order valence-corrected chi connectivity index (χ1v) is 7.44. The summed E-state index contributed by atoms with van der Waals surface area (Å²) in [6, 6.07) is 0. The maximum atomic E-state index is 10.9. The largest absolute Gasteiger partial charge is 0.493 e. The number of aliphatic hydroxyl groups excluding tert-OH is 1. The molecule has 1 aromatic rings. The molecule has 1 aromatic heterocycles. The molecule has 5 heteroatoms. The van der Waals surface area contributed by atoms with E-state index >= 15 is 0 Å². The van der Waals surface area contributed by atoms with E-state index in [0.29, 0.717) is 11.7 Å². The third-order valence-corrected chi connectivity index (χ3v) is 4.46. The van der Waals surface area contributed by atoms with Gasteiger partial charge >= 0.3 is 0 Å². The minimum absolute atomic E-state index is 0.0321. The van der Waals surface area contributed by atoms with E-state index in [4.69, 9.17) is 9.47 Å². The zero-order valence-corrected chi connectivity index (χ0v) is 13.0. The van der Waals surface area contributed by atoms with E-state index in [0.717, 1.165) is 18.7 Å². The molecule has 0 amide bonds. The van der Waals surface area contributed by atoms with Gasteiger partial charge in [-0.05, 0) is 26.2 Å². The molecule has 1 aliphatic rings. The number of nitrogens with zero attached hydrogens (tertiary/aromatic N) is 2. The lowest BCUT2D eigenvalue weighted by atomic mass is 9.83. The van der Waals surface area contributed by atoms with Gasteiger partial charge in [-0.25, -0.2) is 0 Å². The number of aliphatic hydroxyl groups is 1. The van der Waals surface area contributed by atoms with E-state index in [1.807, 2.05) is 11.6 Å². The number of hydrogen-bond acceptors (Lipinski definition) is 4. The highest BCUT2D eigenvalue weighted by atomic mass is 16.5. The van der Waals surface area contributed by atoms with Gasteiger partial charge in [0.2, 0.25) is 0 Å². The number of aromatic nitrogens is 2. The summed E-state index contributed by atoms with van der Waals surface area (Å²) in [5.74, 6) is 1.02. The monoisotopic (exact) mass is 282 g/mol. The highest BCUT2D eigenvalue weighted by molar-refractivity contribution is 5.28. The molecule has 1 N–H and O–H groups in total. The van der Waals surface area contributed by atoms with Crippen LogP contribution in [-0.4, -0.2) is 34.2 Å². The fourth-order valence-electron chi connectivity index (χ4n) is 3.24. The van der Waals surface area contributed by atoms with Crippen LogP contribution in [0.15, 0.2) is 6.20 Å². The molecule has 5 nitrogen and oxygen atoms in total. The van der Waals surface area contributed by atoms with Crippen LogP contribution in [0, 0.1) is 11.8 Å². The van der Waals surface area contributed by atoms with Crippen LogP contribution in [0.5, 0.6) is 5.75 Å². The van der Waals surface area contributed by atoms with Crippen molar-refractivity contribution >= 4 is 0 Å². The van der Waals surface area contributed by atoms with Gasteiger partial charge in [-0.1, -0.05) is 13.8 Å². The molecule has 1 fully saturated rings. The van der Waals surface area contributed by atoms with Crippen molar-refractivity contribution in [2.24, 2.45) is 11.8 Å². The average Bonchev–Trinajstić information content (AvgIpc) is 2.91. The van der Waals surface area contributed by atoms with E-state index in [-0.39, 0.29) is 18.1 Å². The zero-order valence-electron chi connectivity index (χ0n) is 13.0. The lowest BCUT2D eigenvalue weighted by Gasteiger charge is -2.26. The molecule has 2 rings (SSSR count). The van der Waals surface area contributed by atoms with Crippen LogP contribution in [0.2, 0.25) is 0 Å². The Balaban J connectivity index is 2.32. The first-order valence-electron chi connectivity index (χ1n) is 7.44. The van der Waals surface area contributed by atoms with Crippen LogP contribution in [0.25, 0.3) is 0 Å². The van der Waals surface area contributed by atoms with Crippen LogP contribution in [0.3, 0.4) is 0 Å². The molecular weight excluding hydrogens is 256 g/mol. The van der Waals surface area contributed by atoms with Crippen LogP contribution >= 0.6 is 0 Å². The first kappa shape index (κ1) is 15.3. The van der Waals surface area contributed by atoms with E-state index in [9.17, 15) is 5.11 Å². The molecule has 5 atom stereocenters. The predicted octanol–water partition coefficient (Wildman–Crippen LogP) is 2.39. The van der Waals surface area contributed by atoms with E-state index in [1.54, 1.807) is 13.3 Å². The van der Waals surface area contributed by atoms with Crippen molar-refractivity contribution in [3.05, 3.63) is 11.9 Å². The standard InChI is InChI=1S/C15H26N2O3/c1-6-7-17-14(12(19-5)8-16-17)15(18)13-9(2)10(3)20-11(13)4/h8-11,13,15,18H,6-7H2,1-5H3. The van der Waals surface area contributed by atoms with Crippen LogP contribution in [0.1, 0.15) is 45.9 Å². The van der Waals surface area contributed by atoms with Crippen LogP contribution in [0.4, 0.5) is 0 Å². The van der Waals surface area contributed by atoms with Gasteiger partial charge in [0, 0.05) is 12.5 Å². The third kappa shape index (κ3) is 2.56. The Hall–Kier alpha value is -1.07. The SMILES string of the molecule is CCCn1ncc(OC)c1C(O)C1C(C)OC(C)C1C. The van der Waals surface area contributed by atoms with Gasteiger partial charge < -0.3 is 14.6 Å². The molecular formula is C15H26N2O3. The molecule has 0 bridgehead atoms. The van der Waals surface area contributed by atoms with Gasteiger partial charge in [-0.15, -0.1) is 0 Å². The Kier molecular flexibility index (Phi) is 4.70. The molecule has 0 radical (unpaired) electrons. The summed E-state index contributed by atoms with van der Waals surface area (Å²) in [5, 5.41) is 15.2. The minimum atomic E-state index is -0.617. The van der Waals surface area contributed by atoms with Crippen molar-refractivity contribution < 1.29 is 14.6 Å². The number of ether oxygens (including phenoxy) is 2. The Morgan fingerprint density at radius 3 is 2.60 bits per heavy atom. The highest BCUT2D eigenvalue weighted by Gasteiger charge is 2.43. The second-order valence-electron chi connectivity index (χ2n) is 5.75. The van der Waals surface area contributed by atoms with E-state index in [2.05, 4.69) is 25.9 Å². The summed E-state index contributed by atoms with van der Waals surface area (Å²) < 4.78 is 13.1. The minimum Gasteiger partial charge on any atom is -0.493 e. The fourth-order valence-corrected chi connectivity index (χ4v) is 3.24. The fraction of sp³-hybridized carbons (Fsp3) is 0.800. The van der Waals surface area contributed by atoms with E-state index in [1.165, 1.54) is 0 Å². The van der Waals surface area contributed by atoms with Crippen LogP contribution < -0.4 is 4.74 Å². The van der Waals surface area contributed by atoms with Gasteiger partial charge in [0.05, 0.1) is 25.5 Å². The normalized spacial score (nSPS) is 31.5. The lowest BCUT2D eigenvalue weighted by molar-refractivity contribution is 0.0194. The quantitative estimate of drug-likeness (QED) is 0.901. The smallest absolute Gasteiger partial charge is 0.162 e. The summed E-state index contributed by atoms with van der Waals surface area (Å²) in [5.41, 5.74) is 0.774. The third-order valence-electron chi connectivity index (χ3n) is 4.46. The van der Waals surface area contributed by atoms with Crippen molar-refractivity contribution in [2.45, 2.75) is 59.0 Å². The van der Waals surface area contributed by atoms with Gasteiger partial charge in [-0.2, -0.15) is 5.10 Å². The topological polar surface area (TPSA) is 56.5 Å². The molecule has 2 heterocycles. The second kappa shape index (κ2) is 6.14. The summed E-state index contributed by atoms with van der Waals surface area (Å²) in [6.45, 7) is 9.10. The van der Waals surface area contributed by atoms with Crippen molar-refractivity contribution in [3.63, 3.8) is 0 Å². The van der Waals surface area contributed by atoms with Crippen LogP contribution in [-0.2, 0) is 11.3 Å². The van der Waals surface area contributed by atoms with Gasteiger partial charge in [0.15, 0.2) is 5.75 Å². The molecule has 114 valence electrons. The number of aryl methyl sites for hydroxylation is 1. The molecule has 0 aromatic carbocycles.